The van der Waals surface area contributed by atoms with Gasteiger partial charge < -0.3 is 4.74 Å². The average molecular weight is 340 g/mol. The molecule has 2 aromatic rings. The van der Waals surface area contributed by atoms with Gasteiger partial charge in [0.1, 0.15) is 0 Å². The Balaban J connectivity index is 1.42. The first-order chi connectivity index (χ1) is 12.0. The summed E-state index contributed by atoms with van der Waals surface area (Å²) in [5, 5.41) is 8.49. The molecule has 25 heavy (non-hydrogen) atoms. The summed E-state index contributed by atoms with van der Waals surface area (Å²) < 4.78 is 5.86. The molecule has 1 fully saturated rings. The van der Waals surface area contributed by atoms with Crippen molar-refractivity contribution >= 4 is 0 Å². The Morgan fingerprint density at radius 3 is 2.52 bits per heavy atom. The van der Waals surface area contributed by atoms with Gasteiger partial charge in [-0.1, -0.05) is 26.8 Å². The molecule has 0 amide bonds. The zero-order chi connectivity index (χ0) is 17.7. The Hall–Kier alpha value is -2.01. The number of hydrogen-bond acceptors (Lipinski definition) is 5. The van der Waals surface area contributed by atoms with Gasteiger partial charge in [-0.15, -0.1) is 5.10 Å². The average Bonchev–Trinajstić information content (AvgIpc) is 2.62. The van der Waals surface area contributed by atoms with Gasteiger partial charge in [-0.2, -0.15) is 5.10 Å². The van der Waals surface area contributed by atoms with Gasteiger partial charge in [0, 0.05) is 30.4 Å². The van der Waals surface area contributed by atoms with E-state index in [0.29, 0.717) is 11.8 Å². The summed E-state index contributed by atoms with van der Waals surface area (Å²) >= 11 is 0. The number of aromatic nitrogens is 3. The van der Waals surface area contributed by atoms with Crippen LogP contribution in [-0.4, -0.2) is 39.8 Å². The molecule has 0 saturated carbocycles. The van der Waals surface area contributed by atoms with Gasteiger partial charge in [-0.3, -0.25) is 9.88 Å². The molecule has 5 nitrogen and oxygen atoms in total. The number of rotatable bonds is 5. The topological polar surface area (TPSA) is 51.1 Å². The predicted molar refractivity (Wildman–Crippen MR) is 98.5 cm³/mol. The van der Waals surface area contributed by atoms with Crippen molar-refractivity contribution in [2.75, 3.05) is 19.7 Å². The minimum absolute atomic E-state index is 0.0205. The first-order valence-corrected chi connectivity index (χ1v) is 9.09. The van der Waals surface area contributed by atoms with Crippen molar-refractivity contribution in [2.24, 2.45) is 5.92 Å². The molecule has 3 heterocycles. The van der Waals surface area contributed by atoms with Gasteiger partial charge >= 0.3 is 0 Å². The highest BCUT2D eigenvalue weighted by molar-refractivity contribution is 5.17. The lowest BCUT2D eigenvalue weighted by Crippen LogP contribution is -2.35. The minimum atomic E-state index is 0.0205. The van der Waals surface area contributed by atoms with Crippen LogP contribution in [0.4, 0.5) is 0 Å². The zero-order valence-electron chi connectivity index (χ0n) is 15.5. The second-order valence-electron chi connectivity index (χ2n) is 7.90. The molecule has 0 unspecified atom stereocenters. The van der Waals surface area contributed by atoms with Gasteiger partial charge in [0.25, 0.3) is 0 Å². The van der Waals surface area contributed by atoms with E-state index in [1.165, 1.54) is 5.56 Å². The van der Waals surface area contributed by atoms with E-state index in [1.54, 1.807) is 0 Å². The maximum absolute atomic E-state index is 5.86. The van der Waals surface area contributed by atoms with Crippen LogP contribution in [0.25, 0.3) is 0 Å². The summed E-state index contributed by atoms with van der Waals surface area (Å²) in [7, 11) is 0. The normalized spacial score (nSPS) is 16.8. The fourth-order valence-corrected chi connectivity index (χ4v) is 3.06. The standard InChI is InChI=1S/C20H28N4O/c1-20(2,3)18-6-7-19(23-22-18)25-15-16-8-11-24(12-9-16)14-17-5-4-10-21-13-17/h4-7,10,13,16H,8-9,11-12,14-15H2,1-3H3. The van der Waals surface area contributed by atoms with Crippen molar-refractivity contribution in [1.29, 1.82) is 0 Å². The van der Waals surface area contributed by atoms with Crippen molar-refractivity contribution in [2.45, 2.75) is 45.6 Å². The van der Waals surface area contributed by atoms with Crippen molar-refractivity contribution in [3.8, 4) is 5.88 Å². The third-order valence-electron chi connectivity index (χ3n) is 4.71. The van der Waals surface area contributed by atoms with Crippen molar-refractivity contribution in [3.05, 3.63) is 47.9 Å². The molecular weight excluding hydrogens is 312 g/mol. The molecule has 1 aliphatic rings. The van der Waals surface area contributed by atoms with E-state index in [-0.39, 0.29) is 5.41 Å². The predicted octanol–water partition coefficient (Wildman–Crippen LogP) is 3.46. The van der Waals surface area contributed by atoms with Crippen LogP contribution in [0.2, 0.25) is 0 Å². The summed E-state index contributed by atoms with van der Waals surface area (Å²) in [6.45, 7) is 10.3. The molecular formula is C20H28N4O. The maximum Gasteiger partial charge on any atom is 0.233 e. The molecule has 134 valence electrons. The van der Waals surface area contributed by atoms with Crippen LogP contribution in [0.15, 0.2) is 36.7 Å². The number of piperidine rings is 1. The summed E-state index contributed by atoms with van der Waals surface area (Å²) in [6, 6.07) is 8.09. The molecule has 0 atom stereocenters. The third-order valence-corrected chi connectivity index (χ3v) is 4.71. The van der Waals surface area contributed by atoms with Crippen molar-refractivity contribution in [3.63, 3.8) is 0 Å². The first-order valence-electron chi connectivity index (χ1n) is 9.09. The number of nitrogens with zero attached hydrogens (tertiary/aromatic N) is 4. The summed E-state index contributed by atoms with van der Waals surface area (Å²) in [4.78, 5) is 6.68. The maximum atomic E-state index is 5.86. The molecule has 0 aromatic carbocycles. The van der Waals surface area contributed by atoms with Crippen LogP contribution in [0.1, 0.15) is 44.9 Å². The van der Waals surface area contributed by atoms with Crippen LogP contribution in [0, 0.1) is 5.92 Å². The molecule has 5 heteroatoms. The highest BCUT2D eigenvalue weighted by Crippen LogP contribution is 2.22. The van der Waals surface area contributed by atoms with Crippen LogP contribution in [0.5, 0.6) is 5.88 Å². The van der Waals surface area contributed by atoms with Crippen molar-refractivity contribution in [1.82, 2.24) is 20.1 Å². The molecule has 0 radical (unpaired) electrons. The molecule has 2 aromatic heterocycles. The Morgan fingerprint density at radius 2 is 1.92 bits per heavy atom. The van der Waals surface area contributed by atoms with E-state index in [0.717, 1.165) is 44.8 Å². The molecule has 0 spiro atoms. The Kier molecular flexibility index (Phi) is 5.63. The Bertz CT molecular complexity index is 644. The molecule has 3 rings (SSSR count). The second-order valence-corrected chi connectivity index (χ2v) is 7.90. The fourth-order valence-electron chi connectivity index (χ4n) is 3.06. The monoisotopic (exact) mass is 340 g/mol. The number of likely N-dealkylation sites (tertiary alicyclic amines) is 1. The lowest BCUT2D eigenvalue weighted by Gasteiger charge is -2.31. The SMILES string of the molecule is CC(C)(C)c1ccc(OCC2CCN(Cc3cccnc3)CC2)nn1. The third kappa shape index (κ3) is 5.23. The number of hydrogen-bond donors (Lipinski definition) is 0. The van der Waals surface area contributed by atoms with Gasteiger partial charge in [-0.25, -0.2) is 0 Å². The lowest BCUT2D eigenvalue weighted by molar-refractivity contribution is 0.134. The van der Waals surface area contributed by atoms with E-state index >= 15 is 0 Å². The molecule has 0 aliphatic carbocycles. The van der Waals surface area contributed by atoms with Gasteiger partial charge in [0.2, 0.25) is 5.88 Å². The largest absolute Gasteiger partial charge is 0.476 e. The van der Waals surface area contributed by atoms with E-state index in [9.17, 15) is 0 Å². The molecule has 0 N–H and O–H groups in total. The number of ether oxygens (including phenoxy) is 1. The van der Waals surface area contributed by atoms with Gasteiger partial charge in [0.15, 0.2) is 0 Å². The van der Waals surface area contributed by atoms with E-state index in [2.05, 4.69) is 46.9 Å². The Morgan fingerprint density at radius 1 is 1.12 bits per heavy atom. The van der Waals surface area contributed by atoms with Crippen LogP contribution >= 0.6 is 0 Å². The second kappa shape index (κ2) is 7.91. The summed E-state index contributed by atoms with van der Waals surface area (Å²) in [6.07, 6.45) is 6.10. The minimum Gasteiger partial charge on any atom is -0.476 e. The van der Waals surface area contributed by atoms with Crippen LogP contribution < -0.4 is 4.74 Å². The van der Waals surface area contributed by atoms with E-state index in [4.69, 9.17) is 4.74 Å². The summed E-state index contributed by atoms with van der Waals surface area (Å²) in [5.74, 6) is 1.22. The van der Waals surface area contributed by atoms with Crippen molar-refractivity contribution < 1.29 is 4.74 Å². The molecule has 1 aliphatic heterocycles. The van der Waals surface area contributed by atoms with E-state index < -0.39 is 0 Å². The number of pyridine rings is 1. The molecule has 0 bridgehead atoms. The van der Waals surface area contributed by atoms with Crippen LogP contribution in [-0.2, 0) is 12.0 Å². The lowest BCUT2D eigenvalue weighted by atomic mass is 9.92. The highest BCUT2D eigenvalue weighted by atomic mass is 16.5. The highest BCUT2D eigenvalue weighted by Gasteiger charge is 2.20. The summed E-state index contributed by atoms with van der Waals surface area (Å²) in [5.41, 5.74) is 2.29. The quantitative estimate of drug-likeness (QED) is 0.834. The van der Waals surface area contributed by atoms with Gasteiger partial charge in [-0.05, 0) is 49.5 Å². The van der Waals surface area contributed by atoms with Crippen LogP contribution in [0.3, 0.4) is 0 Å². The smallest absolute Gasteiger partial charge is 0.233 e. The van der Waals surface area contributed by atoms with Gasteiger partial charge in [0.05, 0.1) is 12.3 Å². The zero-order valence-corrected chi connectivity index (χ0v) is 15.5. The Labute approximate surface area is 150 Å². The first kappa shape index (κ1) is 17.8. The van der Waals surface area contributed by atoms with E-state index in [1.807, 2.05) is 30.6 Å². The fraction of sp³-hybridized carbons (Fsp3) is 0.550. The molecule has 1 saturated heterocycles.